The summed E-state index contributed by atoms with van der Waals surface area (Å²) < 4.78 is 42.6. The molecule has 2 unspecified atom stereocenters. The van der Waals surface area contributed by atoms with E-state index in [1.807, 2.05) is 40.7 Å². The highest BCUT2D eigenvalue weighted by molar-refractivity contribution is 7.92. The lowest BCUT2D eigenvalue weighted by Crippen LogP contribution is -2.52. The first-order valence-electron chi connectivity index (χ1n) is 13.3. The summed E-state index contributed by atoms with van der Waals surface area (Å²) in [5.41, 5.74) is 3.55. The number of aryl methyl sites for hydroxylation is 3. The van der Waals surface area contributed by atoms with E-state index in [1.165, 1.54) is 29.2 Å². The summed E-state index contributed by atoms with van der Waals surface area (Å²) in [4.78, 5) is 28.5. The quantitative estimate of drug-likeness (QED) is 0.342. The average molecular weight is 568 g/mol. The van der Waals surface area contributed by atoms with Crippen molar-refractivity contribution in [2.45, 2.75) is 71.5 Å². The molecule has 0 bridgehead atoms. The largest absolute Gasteiger partial charge is 0.352 e. The molecule has 2 atom stereocenters. The van der Waals surface area contributed by atoms with Gasteiger partial charge < -0.3 is 10.2 Å². The Balaban J connectivity index is 2.05. The third kappa shape index (κ3) is 7.69. The maximum Gasteiger partial charge on any atom is 0.264 e. The van der Waals surface area contributed by atoms with Gasteiger partial charge in [0.2, 0.25) is 11.8 Å². The number of hydrogen-bond donors (Lipinski definition) is 1. The average Bonchev–Trinajstić information content (AvgIpc) is 2.90. The third-order valence-electron chi connectivity index (χ3n) is 6.82. The Hall–Kier alpha value is -3.72. The van der Waals surface area contributed by atoms with Crippen LogP contribution in [0.1, 0.15) is 49.4 Å². The lowest BCUT2D eigenvalue weighted by atomic mass is 10.1. The van der Waals surface area contributed by atoms with Gasteiger partial charge in [0.15, 0.2) is 0 Å². The van der Waals surface area contributed by atoms with Crippen LogP contribution in [0.3, 0.4) is 0 Å². The van der Waals surface area contributed by atoms with E-state index in [9.17, 15) is 22.4 Å². The summed E-state index contributed by atoms with van der Waals surface area (Å²) in [6.45, 7) is 10.5. The van der Waals surface area contributed by atoms with Crippen molar-refractivity contribution in [3.05, 3.63) is 94.8 Å². The first kappa shape index (κ1) is 30.8. The number of sulfonamides is 1. The zero-order valence-corrected chi connectivity index (χ0v) is 24.8. The van der Waals surface area contributed by atoms with E-state index in [-0.39, 0.29) is 23.4 Å². The van der Waals surface area contributed by atoms with Crippen molar-refractivity contribution >= 4 is 27.5 Å². The van der Waals surface area contributed by atoms with Crippen LogP contribution in [0.15, 0.2) is 71.6 Å². The second-order valence-electron chi connectivity index (χ2n) is 10.3. The molecule has 40 heavy (non-hydrogen) atoms. The van der Waals surface area contributed by atoms with Gasteiger partial charge in [-0.05, 0) is 94.1 Å². The number of anilines is 1. The third-order valence-corrected chi connectivity index (χ3v) is 8.60. The van der Waals surface area contributed by atoms with Gasteiger partial charge in [-0.2, -0.15) is 0 Å². The van der Waals surface area contributed by atoms with Crippen LogP contribution in [0.2, 0.25) is 0 Å². The van der Waals surface area contributed by atoms with Gasteiger partial charge in [0.25, 0.3) is 10.0 Å². The normalized spacial score (nSPS) is 12.9. The smallest absolute Gasteiger partial charge is 0.264 e. The first-order chi connectivity index (χ1) is 18.8. The van der Waals surface area contributed by atoms with E-state index in [0.717, 1.165) is 21.0 Å². The molecule has 214 valence electrons. The lowest BCUT2D eigenvalue weighted by Gasteiger charge is -2.32. The van der Waals surface area contributed by atoms with Crippen molar-refractivity contribution in [3.63, 3.8) is 0 Å². The molecule has 0 saturated heterocycles. The van der Waals surface area contributed by atoms with Crippen molar-refractivity contribution < 1.29 is 22.4 Å². The van der Waals surface area contributed by atoms with Gasteiger partial charge in [-0.15, -0.1) is 0 Å². The number of rotatable bonds is 11. The van der Waals surface area contributed by atoms with Crippen LogP contribution in [0.4, 0.5) is 10.1 Å². The summed E-state index contributed by atoms with van der Waals surface area (Å²) in [6.07, 6.45) is 0.708. The molecule has 0 radical (unpaired) electrons. The van der Waals surface area contributed by atoms with Gasteiger partial charge in [0, 0.05) is 12.6 Å². The Morgan fingerprint density at radius 2 is 1.45 bits per heavy atom. The molecule has 2 amide bonds. The highest BCUT2D eigenvalue weighted by Crippen LogP contribution is 2.27. The van der Waals surface area contributed by atoms with Gasteiger partial charge in [-0.3, -0.25) is 13.9 Å². The maximum absolute atomic E-state index is 14.0. The van der Waals surface area contributed by atoms with Crippen LogP contribution in [0.25, 0.3) is 0 Å². The summed E-state index contributed by atoms with van der Waals surface area (Å²) >= 11 is 0. The molecular formula is C31H38FN3O4S. The minimum absolute atomic E-state index is 0.000525. The van der Waals surface area contributed by atoms with E-state index < -0.39 is 34.3 Å². The molecule has 0 aliphatic carbocycles. The molecule has 9 heteroatoms. The number of halogens is 1. The van der Waals surface area contributed by atoms with E-state index in [4.69, 9.17) is 0 Å². The minimum atomic E-state index is -4.14. The van der Waals surface area contributed by atoms with Crippen LogP contribution in [0.5, 0.6) is 0 Å². The molecule has 3 rings (SSSR count). The fourth-order valence-corrected chi connectivity index (χ4v) is 5.69. The zero-order valence-electron chi connectivity index (χ0n) is 23.9. The number of hydrogen-bond acceptors (Lipinski definition) is 4. The fraction of sp³-hybridized carbons (Fsp3) is 0.355. The number of benzene rings is 3. The van der Waals surface area contributed by atoms with Gasteiger partial charge >= 0.3 is 0 Å². The molecule has 3 aromatic rings. The predicted octanol–water partition coefficient (Wildman–Crippen LogP) is 5.28. The molecule has 1 N–H and O–H groups in total. The highest BCUT2D eigenvalue weighted by atomic mass is 32.2. The molecule has 0 fully saturated rings. The molecule has 0 aliphatic heterocycles. The Bertz CT molecular complexity index is 1420. The minimum Gasteiger partial charge on any atom is -0.352 e. The highest BCUT2D eigenvalue weighted by Gasteiger charge is 2.33. The molecule has 0 aromatic heterocycles. The van der Waals surface area contributed by atoms with Gasteiger partial charge in [-0.25, -0.2) is 12.8 Å². The van der Waals surface area contributed by atoms with Crippen molar-refractivity contribution in [3.8, 4) is 0 Å². The second kappa shape index (κ2) is 13.1. The molecule has 3 aromatic carbocycles. The second-order valence-corrected chi connectivity index (χ2v) is 12.2. The Labute approximate surface area is 237 Å². The van der Waals surface area contributed by atoms with Crippen molar-refractivity contribution in [2.75, 3.05) is 10.8 Å². The molecule has 0 aliphatic rings. The van der Waals surface area contributed by atoms with Crippen LogP contribution in [-0.4, -0.2) is 43.8 Å². The standard InChI is InChI=1S/C31H38FN3O4S/c1-7-24(5)33-31(37)25(6)34(19-26-10-12-27(32)13-11-26)30(36)20-35(28-17-22(3)16-23(4)18-28)40(38,39)29-14-8-21(2)9-15-29/h8-18,24-25H,7,19-20H2,1-6H3,(H,33,37). The molecule has 0 saturated carbocycles. The van der Waals surface area contributed by atoms with Crippen LogP contribution in [0, 0.1) is 26.6 Å². The van der Waals surface area contributed by atoms with Crippen LogP contribution < -0.4 is 9.62 Å². The van der Waals surface area contributed by atoms with Gasteiger partial charge in [0.05, 0.1) is 10.6 Å². The number of carbonyl (C=O) groups is 2. The van der Waals surface area contributed by atoms with Crippen molar-refractivity contribution in [2.24, 2.45) is 0 Å². The lowest BCUT2D eigenvalue weighted by molar-refractivity contribution is -0.139. The van der Waals surface area contributed by atoms with Gasteiger partial charge in [-0.1, -0.05) is 42.8 Å². The molecule has 0 heterocycles. The SMILES string of the molecule is CCC(C)NC(=O)C(C)N(Cc1ccc(F)cc1)C(=O)CN(c1cc(C)cc(C)c1)S(=O)(=O)c1ccc(C)cc1. The Morgan fingerprint density at radius 3 is 2.00 bits per heavy atom. The number of nitrogens with zero attached hydrogens (tertiary/aromatic N) is 2. The number of amides is 2. The van der Waals surface area contributed by atoms with E-state index >= 15 is 0 Å². The summed E-state index contributed by atoms with van der Waals surface area (Å²) in [5, 5.41) is 2.90. The van der Waals surface area contributed by atoms with E-state index in [1.54, 1.807) is 43.3 Å². The maximum atomic E-state index is 14.0. The van der Waals surface area contributed by atoms with Crippen molar-refractivity contribution in [1.82, 2.24) is 10.2 Å². The number of nitrogens with one attached hydrogen (secondary N) is 1. The summed E-state index contributed by atoms with van der Waals surface area (Å²) in [7, 11) is -4.14. The molecular weight excluding hydrogens is 529 g/mol. The van der Waals surface area contributed by atoms with Crippen molar-refractivity contribution in [1.29, 1.82) is 0 Å². The van der Waals surface area contributed by atoms with E-state index in [0.29, 0.717) is 17.7 Å². The summed E-state index contributed by atoms with van der Waals surface area (Å²) in [6, 6.07) is 16.4. The fourth-order valence-electron chi connectivity index (χ4n) is 4.30. The topological polar surface area (TPSA) is 86.8 Å². The Morgan fingerprint density at radius 1 is 0.875 bits per heavy atom. The predicted molar refractivity (Wildman–Crippen MR) is 156 cm³/mol. The van der Waals surface area contributed by atoms with Gasteiger partial charge in [0.1, 0.15) is 18.4 Å². The Kier molecular flexibility index (Phi) is 10.1. The van der Waals surface area contributed by atoms with Crippen LogP contribution >= 0.6 is 0 Å². The van der Waals surface area contributed by atoms with E-state index in [2.05, 4.69) is 5.32 Å². The zero-order chi connectivity index (χ0) is 29.6. The molecule has 7 nitrogen and oxygen atoms in total. The number of carbonyl (C=O) groups excluding carboxylic acids is 2. The summed E-state index contributed by atoms with van der Waals surface area (Å²) in [5.74, 6) is -1.34. The molecule has 0 spiro atoms. The first-order valence-corrected chi connectivity index (χ1v) is 14.8. The van der Waals surface area contributed by atoms with Crippen LogP contribution in [-0.2, 0) is 26.2 Å². The monoisotopic (exact) mass is 567 g/mol.